The van der Waals surface area contributed by atoms with Gasteiger partial charge < -0.3 is 5.73 Å². The maximum atomic E-state index is 5.58. The Balaban J connectivity index is 2.15. The summed E-state index contributed by atoms with van der Waals surface area (Å²) in [6, 6.07) is 9.83. The van der Waals surface area contributed by atoms with Crippen LogP contribution in [0.4, 0.5) is 5.69 Å². The summed E-state index contributed by atoms with van der Waals surface area (Å²) in [4.78, 5) is 0. The Bertz CT molecular complexity index is 362. The fraction of sp³-hybridized carbons (Fsp3) is 0.100. The monoisotopic (exact) mass is 173 g/mol. The van der Waals surface area contributed by atoms with Crippen LogP contribution in [-0.2, 0) is 6.42 Å². The Morgan fingerprint density at radius 1 is 1.15 bits per heavy atom. The van der Waals surface area contributed by atoms with Crippen LogP contribution >= 0.6 is 0 Å². The smallest absolute Gasteiger partial charge is 0.0490 e. The number of benzene rings is 1. The highest BCUT2D eigenvalue weighted by Gasteiger charge is 1.96. The number of H-pyrrole nitrogens is 1. The second-order valence-electron chi connectivity index (χ2n) is 3.00. The van der Waals surface area contributed by atoms with Crippen LogP contribution < -0.4 is 5.73 Å². The van der Waals surface area contributed by atoms with Crippen molar-refractivity contribution in [3.63, 3.8) is 0 Å². The third kappa shape index (κ3) is 1.87. The number of hydrogen-bond donors (Lipinski definition) is 2. The number of aromatic amines is 1. The van der Waals surface area contributed by atoms with Crippen molar-refractivity contribution in [2.24, 2.45) is 0 Å². The minimum absolute atomic E-state index is 0.799. The second-order valence-corrected chi connectivity index (χ2v) is 3.00. The predicted octanol–water partition coefficient (Wildman–Crippen LogP) is 1.58. The van der Waals surface area contributed by atoms with E-state index in [0.717, 1.165) is 17.8 Å². The van der Waals surface area contributed by atoms with Gasteiger partial charge >= 0.3 is 0 Å². The average Bonchev–Trinajstić information content (AvgIpc) is 2.62. The molecule has 0 atom stereocenters. The van der Waals surface area contributed by atoms with E-state index in [1.807, 2.05) is 30.3 Å². The van der Waals surface area contributed by atoms with E-state index >= 15 is 0 Å². The number of aromatic nitrogens is 2. The van der Waals surface area contributed by atoms with Crippen molar-refractivity contribution < 1.29 is 0 Å². The van der Waals surface area contributed by atoms with Crippen LogP contribution in [-0.4, -0.2) is 10.2 Å². The van der Waals surface area contributed by atoms with E-state index in [-0.39, 0.29) is 0 Å². The first-order valence-corrected chi connectivity index (χ1v) is 4.17. The predicted molar refractivity (Wildman–Crippen MR) is 52.2 cm³/mol. The molecule has 0 aliphatic heterocycles. The SMILES string of the molecule is Nc1ccc(Cc2ccn[nH]2)cc1. The number of nitrogens with zero attached hydrogens (tertiary/aromatic N) is 1. The summed E-state index contributed by atoms with van der Waals surface area (Å²) in [5, 5.41) is 6.81. The van der Waals surface area contributed by atoms with Crippen molar-refractivity contribution in [3.05, 3.63) is 47.8 Å². The van der Waals surface area contributed by atoms with Gasteiger partial charge in [-0.2, -0.15) is 5.10 Å². The van der Waals surface area contributed by atoms with Crippen LogP contribution in [0, 0.1) is 0 Å². The van der Waals surface area contributed by atoms with Gasteiger partial charge in [0.05, 0.1) is 0 Å². The van der Waals surface area contributed by atoms with E-state index in [0.29, 0.717) is 0 Å². The zero-order chi connectivity index (χ0) is 9.10. The lowest BCUT2D eigenvalue weighted by molar-refractivity contribution is 0.996. The molecule has 0 radical (unpaired) electrons. The third-order valence-electron chi connectivity index (χ3n) is 1.93. The Morgan fingerprint density at radius 3 is 2.54 bits per heavy atom. The van der Waals surface area contributed by atoms with E-state index in [2.05, 4.69) is 10.2 Å². The number of anilines is 1. The molecule has 0 saturated heterocycles. The summed E-state index contributed by atoms with van der Waals surface area (Å²) in [7, 11) is 0. The molecule has 3 heteroatoms. The fourth-order valence-electron chi connectivity index (χ4n) is 1.24. The molecular weight excluding hydrogens is 162 g/mol. The Hall–Kier alpha value is -1.77. The van der Waals surface area contributed by atoms with Crippen molar-refractivity contribution in [3.8, 4) is 0 Å². The molecule has 1 aromatic carbocycles. The molecule has 66 valence electrons. The number of nitrogens with one attached hydrogen (secondary N) is 1. The Kier molecular flexibility index (Phi) is 2.00. The minimum Gasteiger partial charge on any atom is -0.399 e. The van der Waals surface area contributed by atoms with Crippen molar-refractivity contribution >= 4 is 5.69 Å². The molecule has 1 heterocycles. The van der Waals surface area contributed by atoms with E-state index in [1.165, 1.54) is 5.56 Å². The van der Waals surface area contributed by atoms with E-state index in [1.54, 1.807) is 6.20 Å². The molecule has 0 aliphatic carbocycles. The van der Waals surface area contributed by atoms with Gasteiger partial charge in [-0.25, -0.2) is 0 Å². The Labute approximate surface area is 76.6 Å². The molecule has 0 unspecified atom stereocenters. The van der Waals surface area contributed by atoms with Gasteiger partial charge in [-0.1, -0.05) is 12.1 Å². The highest BCUT2D eigenvalue weighted by molar-refractivity contribution is 5.40. The summed E-state index contributed by atoms with van der Waals surface area (Å²) < 4.78 is 0. The molecule has 0 amide bonds. The van der Waals surface area contributed by atoms with Crippen LogP contribution in [0.25, 0.3) is 0 Å². The highest BCUT2D eigenvalue weighted by Crippen LogP contribution is 2.09. The molecular formula is C10H11N3. The van der Waals surface area contributed by atoms with Crippen molar-refractivity contribution in [1.82, 2.24) is 10.2 Å². The molecule has 0 aliphatic rings. The molecule has 0 spiro atoms. The van der Waals surface area contributed by atoms with E-state index < -0.39 is 0 Å². The molecule has 13 heavy (non-hydrogen) atoms. The second kappa shape index (κ2) is 3.31. The van der Waals surface area contributed by atoms with E-state index in [4.69, 9.17) is 5.73 Å². The zero-order valence-electron chi connectivity index (χ0n) is 7.20. The maximum absolute atomic E-state index is 5.58. The lowest BCUT2D eigenvalue weighted by Gasteiger charge is -1.98. The molecule has 0 fully saturated rings. The summed E-state index contributed by atoms with van der Waals surface area (Å²) in [6.45, 7) is 0. The lowest BCUT2D eigenvalue weighted by Crippen LogP contribution is -1.89. The van der Waals surface area contributed by atoms with Gasteiger partial charge in [0.2, 0.25) is 0 Å². The number of nitrogens with two attached hydrogens (primary N) is 1. The first-order chi connectivity index (χ1) is 6.34. The van der Waals surface area contributed by atoms with Gasteiger partial charge in [0.1, 0.15) is 0 Å². The van der Waals surface area contributed by atoms with Gasteiger partial charge in [0.15, 0.2) is 0 Å². The summed E-state index contributed by atoms with van der Waals surface area (Å²) in [6.07, 6.45) is 2.63. The first-order valence-electron chi connectivity index (χ1n) is 4.17. The summed E-state index contributed by atoms with van der Waals surface area (Å²) in [5.74, 6) is 0. The average molecular weight is 173 g/mol. The standard InChI is InChI=1S/C10H11N3/c11-9-3-1-8(2-4-9)7-10-5-6-12-13-10/h1-6H,7,11H2,(H,12,13). The molecule has 1 aromatic heterocycles. The summed E-state index contributed by atoms with van der Waals surface area (Å²) >= 11 is 0. The van der Waals surface area contributed by atoms with Gasteiger partial charge in [-0.05, 0) is 23.8 Å². The number of hydrogen-bond acceptors (Lipinski definition) is 2. The van der Waals surface area contributed by atoms with Crippen LogP contribution in [0.5, 0.6) is 0 Å². The van der Waals surface area contributed by atoms with Crippen LogP contribution in [0.3, 0.4) is 0 Å². The molecule has 0 saturated carbocycles. The first kappa shape index (κ1) is 7.86. The van der Waals surface area contributed by atoms with Crippen molar-refractivity contribution in [2.75, 3.05) is 5.73 Å². The van der Waals surface area contributed by atoms with Gasteiger partial charge in [-0.15, -0.1) is 0 Å². The molecule has 2 aromatic rings. The van der Waals surface area contributed by atoms with Gasteiger partial charge in [0, 0.05) is 24.0 Å². The normalized spacial score (nSPS) is 10.2. The largest absolute Gasteiger partial charge is 0.399 e. The van der Waals surface area contributed by atoms with E-state index in [9.17, 15) is 0 Å². The molecule has 0 bridgehead atoms. The van der Waals surface area contributed by atoms with Crippen LogP contribution in [0.2, 0.25) is 0 Å². The topological polar surface area (TPSA) is 54.7 Å². The number of nitrogen functional groups attached to an aromatic ring is 1. The lowest BCUT2D eigenvalue weighted by atomic mass is 10.1. The van der Waals surface area contributed by atoms with Crippen molar-refractivity contribution in [2.45, 2.75) is 6.42 Å². The van der Waals surface area contributed by atoms with Crippen LogP contribution in [0.15, 0.2) is 36.5 Å². The molecule has 3 nitrogen and oxygen atoms in total. The Morgan fingerprint density at radius 2 is 1.92 bits per heavy atom. The van der Waals surface area contributed by atoms with Gasteiger partial charge in [0.25, 0.3) is 0 Å². The quantitative estimate of drug-likeness (QED) is 0.677. The highest BCUT2D eigenvalue weighted by atomic mass is 15.1. The van der Waals surface area contributed by atoms with Crippen molar-refractivity contribution in [1.29, 1.82) is 0 Å². The van der Waals surface area contributed by atoms with Crippen LogP contribution in [0.1, 0.15) is 11.3 Å². The van der Waals surface area contributed by atoms with Gasteiger partial charge in [-0.3, -0.25) is 5.10 Å². The zero-order valence-corrected chi connectivity index (χ0v) is 7.20. The third-order valence-corrected chi connectivity index (χ3v) is 1.93. The minimum atomic E-state index is 0.799. The number of rotatable bonds is 2. The molecule has 3 N–H and O–H groups in total. The summed E-state index contributed by atoms with van der Waals surface area (Å²) in [5.41, 5.74) is 8.73. The maximum Gasteiger partial charge on any atom is 0.0490 e. The fourth-order valence-corrected chi connectivity index (χ4v) is 1.24. The molecule has 2 rings (SSSR count).